The summed E-state index contributed by atoms with van der Waals surface area (Å²) in [6, 6.07) is 5.81. The molecule has 0 amide bonds. The second kappa shape index (κ2) is 5.50. The normalized spacial score (nSPS) is 10.0. The Morgan fingerprint density at radius 2 is 1.57 bits per heavy atom. The van der Waals surface area contributed by atoms with E-state index in [9.17, 15) is 4.39 Å². The molecule has 0 spiro atoms. The van der Waals surface area contributed by atoms with Gasteiger partial charge in [0, 0.05) is 5.69 Å². The van der Waals surface area contributed by atoms with Gasteiger partial charge >= 0.3 is 10.4 Å². The highest BCUT2D eigenvalue weighted by atomic mass is 32.3. The van der Waals surface area contributed by atoms with Crippen molar-refractivity contribution in [2.45, 2.75) is 0 Å². The molecule has 5 N–H and O–H groups in total. The average molecular weight is 224 g/mol. The Labute approximate surface area is 80.1 Å². The van der Waals surface area contributed by atoms with Gasteiger partial charge < -0.3 is 5.43 Å². The molecule has 8 heteroatoms. The number of rotatable bonds is 1. The van der Waals surface area contributed by atoms with Crippen LogP contribution in [0.15, 0.2) is 24.3 Å². The van der Waals surface area contributed by atoms with Crippen molar-refractivity contribution in [1.82, 2.24) is 0 Å². The van der Waals surface area contributed by atoms with Gasteiger partial charge in [-0.3, -0.25) is 14.9 Å². The molecule has 1 aromatic rings. The van der Waals surface area contributed by atoms with E-state index in [1.54, 1.807) is 12.1 Å². The fraction of sp³-hybridized carbons (Fsp3) is 0. The van der Waals surface area contributed by atoms with Crippen LogP contribution in [0.4, 0.5) is 10.1 Å². The number of nitrogens with one attached hydrogen (secondary N) is 1. The number of halogens is 1. The lowest BCUT2D eigenvalue weighted by Gasteiger charge is -1.95. The smallest absolute Gasteiger partial charge is 0.324 e. The predicted molar refractivity (Wildman–Crippen MR) is 48.4 cm³/mol. The van der Waals surface area contributed by atoms with Crippen LogP contribution in [0, 0.1) is 5.82 Å². The minimum Gasteiger partial charge on any atom is -0.324 e. The minimum absolute atomic E-state index is 0.256. The van der Waals surface area contributed by atoms with E-state index < -0.39 is 10.4 Å². The molecule has 1 rings (SSSR count). The predicted octanol–water partition coefficient (Wildman–Crippen LogP) is 0.459. The molecule has 0 aromatic heterocycles. The molecule has 0 radical (unpaired) electrons. The molecule has 0 saturated heterocycles. The van der Waals surface area contributed by atoms with Crippen molar-refractivity contribution < 1.29 is 21.9 Å². The number of hydrogen-bond donors (Lipinski definition) is 4. The molecule has 14 heavy (non-hydrogen) atoms. The molecule has 0 unspecified atom stereocenters. The van der Waals surface area contributed by atoms with Crippen LogP contribution in [0.2, 0.25) is 0 Å². The van der Waals surface area contributed by atoms with E-state index in [0.29, 0.717) is 5.69 Å². The SMILES string of the molecule is NNc1ccc(F)cc1.O=S(=O)(O)O. The van der Waals surface area contributed by atoms with Gasteiger partial charge in [0.15, 0.2) is 0 Å². The molecular formula is C6H9FN2O4S. The van der Waals surface area contributed by atoms with Gasteiger partial charge in [0.1, 0.15) is 5.82 Å². The summed E-state index contributed by atoms with van der Waals surface area (Å²) in [6.45, 7) is 0. The van der Waals surface area contributed by atoms with Gasteiger partial charge in [0.2, 0.25) is 0 Å². The summed E-state index contributed by atoms with van der Waals surface area (Å²) < 4.78 is 43.7. The van der Waals surface area contributed by atoms with E-state index in [2.05, 4.69) is 5.43 Å². The first-order valence-corrected chi connectivity index (χ1v) is 4.64. The lowest BCUT2D eigenvalue weighted by Crippen LogP contribution is -2.05. The molecule has 1 aromatic carbocycles. The molecule has 6 nitrogen and oxygen atoms in total. The summed E-state index contributed by atoms with van der Waals surface area (Å²) >= 11 is 0. The number of hydrazine groups is 1. The van der Waals surface area contributed by atoms with Crippen molar-refractivity contribution in [2.24, 2.45) is 5.84 Å². The second-order valence-corrected chi connectivity index (χ2v) is 2.99. The van der Waals surface area contributed by atoms with E-state index >= 15 is 0 Å². The fourth-order valence-corrected chi connectivity index (χ4v) is 0.546. The Kier molecular flexibility index (Phi) is 5.02. The van der Waals surface area contributed by atoms with Crippen molar-refractivity contribution in [2.75, 3.05) is 5.43 Å². The summed E-state index contributed by atoms with van der Waals surface area (Å²) in [5.74, 6) is 4.77. The average Bonchev–Trinajstić information content (AvgIpc) is 2.03. The van der Waals surface area contributed by atoms with Gasteiger partial charge in [-0.1, -0.05) is 0 Å². The molecule has 0 aliphatic rings. The first-order valence-electron chi connectivity index (χ1n) is 3.25. The van der Waals surface area contributed by atoms with E-state index in [1.807, 2.05) is 0 Å². The number of anilines is 1. The summed E-state index contributed by atoms with van der Waals surface area (Å²) in [4.78, 5) is 0. The summed E-state index contributed by atoms with van der Waals surface area (Å²) in [5.41, 5.74) is 3.09. The van der Waals surface area contributed by atoms with Gasteiger partial charge in [0.05, 0.1) is 0 Å². The third kappa shape index (κ3) is 8.87. The van der Waals surface area contributed by atoms with Gasteiger partial charge in [-0.15, -0.1) is 0 Å². The van der Waals surface area contributed by atoms with Crippen molar-refractivity contribution in [3.05, 3.63) is 30.1 Å². The number of benzene rings is 1. The van der Waals surface area contributed by atoms with E-state index in [0.717, 1.165) is 0 Å². The van der Waals surface area contributed by atoms with Crippen molar-refractivity contribution in [3.8, 4) is 0 Å². The molecule has 0 aliphatic carbocycles. The van der Waals surface area contributed by atoms with Gasteiger partial charge in [-0.2, -0.15) is 8.42 Å². The van der Waals surface area contributed by atoms with Gasteiger partial charge in [-0.05, 0) is 24.3 Å². The van der Waals surface area contributed by atoms with Crippen LogP contribution in [0.5, 0.6) is 0 Å². The molecule has 0 saturated carbocycles. The second-order valence-electron chi connectivity index (χ2n) is 2.10. The van der Waals surface area contributed by atoms with Crippen molar-refractivity contribution in [3.63, 3.8) is 0 Å². The molecule has 0 aliphatic heterocycles. The maximum Gasteiger partial charge on any atom is 0.394 e. The van der Waals surface area contributed by atoms with Gasteiger partial charge in [-0.25, -0.2) is 4.39 Å². The quantitative estimate of drug-likeness (QED) is 0.313. The van der Waals surface area contributed by atoms with Crippen molar-refractivity contribution in [1.29, 1.82) is 0 Å². The molecule has 0 fully saturated rings. The Hall–Kier alpha value is -1.22. The molecule has 80 valence electrons. The monoisotopic (exact) mass is 224 g/mol. The third-order valence-corrected chi connectivity index (χ3v) is 1.01. The Bertz CT molecular complexity index is 356. The number of nitrogen functional groups attached to an aromatic ring is 1. The van der Waals surface area contributed by atoms with E-state index in [-0.39, 0.29) is 5.82 Å². The number of hydrogen-bond acceptors (Lipinski definition) is 4. The Morgan fingerprint density at radius 1 is 1.21 bits per heavy atom. The first-order chi connectivity index (χ1) is 6.33. The molecule has 0 atom stereocenters. The Balaban J connectivity index is 0.000000292. The summed E-state index contributed by atoms with van der Waals surface area (Å²) in [5, 5.41) is 0. The van der Waals surface area contributed by atoms with Crippen molar-refractivity contribution >= 4 is 16.1 Å². The zero-order valence-corrected chi connectivity index (χ0v) is 7.70. The standard InChI is InChI=1S/C6H7FN2.H2O4S/c7-5-1-3-6(9-8)4-2-5;1-5(2,3)4/h1-4,9H,8H2;(H2,1,2,3,4). The molecular weight excluding hydrogens is 215 g/mol. The highest BCUT2D eigenvalue weighted by Gasteiger charge is 1.87. The van der Waals surface area contributed by atoms with E-state index in [4.69, 9.17) is 23.4 Å². The lowest BCUT2D eigenvalue weighted by atomic mass is 10.3. The number of nitrogens with two attached hydrogens (primary N) is 1. The van der Waals surface area contributed by atoms with Crippen LogP contribution >= 0.6 is 0 Å². The highest BCUT2D eigenvalue weighted by molar-refractivity contribution is 7.79. The fourth-order valence-electron chi connectivity index (χ4n) is 0.546. The largest absolute Gasteiger partial charge is 0.394 e. The lowest BCUT2D eigenvalue weighted by molar-refractivity contribution is 0.381. The summed E-state index contributed by atoms with van der Waals surface area (Å²) in [6.07, 6.45) is 0. The maximum atomic E-state index is 12.2. The van der Waals surface area contributed by atoms with E-state index in [1.165, 1.54) is 12.1 Å². The third-order valence-electron chi connectivity index (χ3n) is 1.01. The zero-order valence-electron chi connectivity index (χ0n) is 6.88. The topological polar surface area (TPSA) is 113 Å². The highest BCUT2D eigenvalue weighted by Crippen LogP contribution is 2.05. The summed E-state index contributed by atoms with van der Waals surface area (Å²) in [7, 11) is -4.67. The molecule has 0 bridgehead atoms. The zero-order chi connectivity index (χ0) is 11.2. The molecule has 0 heterocycles. The van der Waals surface area contributed by atoms with Crippen LogP contribution in [0.3, 0.4) is 0 Å². The maximum absolute atomic E-state index is 12.2. The van der Waals surface area contributed by atoms with Crippen LogP contribution in [-0.2, 0) is 10.4 Å². The Morgan fingerprint density at radius 3 is 1.86 bits per heavy atom. The van der Waals surface area contributed by atoms with Crippen LogP contribution < -0.4 is 11.3 Å². The van der Waals surface area contributed by atoms with Gasteiger partial charge in [0.25, 0.3) is 0 Å². The van der Waals surface area contributed by atoms with Crippen LogP contribution in [0.1, 0.15) is 0 Å². The van der Waals surface area contributed by atoms with Crippen LogP contribution in [-0.4, -0.2) is 17.5 Å². The first kappa shape index (κ1) is 12.8. The minimum atomic E-state index is -4.67. The van der Waals surface area contributed by atoms with Crippen LogP contribution in [0.25, 0.3) is 0 Å².